The molecule has 0 amide bonds. The van der Waals surface area contributed by atoms with Crippen LogP contribution in [0.1, 0.15) is 59.8 Å². The summed E-state index contributed by atoms with van der Waals surface area (Å²) in [7, 11) is 0. The fraction of sp³-hybridized carbons (Fsp3) is 0.714. The molecular formula is C28H34F2O7S. The quantitative estimate of drug-likeness (QED) is 0.397. The molecule has 0 radical (unpaired) electrons. The number of esters is 2. The number of carbonyl (C=O) groups excluding carboxylic acids is 3. The number of aliphatic hydroxyl groups is 2. The van der Waals surface area contributed by atoms with Crippen LogP contribution in [0.3, 0.4) is 0 Å². The molecule has 7 nitrogen and oxygen atoms in total. The third kappa shape index (κ3) is 3.19. The minimum absolute atomic E-state index is 0.0286. The number of aliphatic hydroxyl groups excluding tert-OH is 2. The molecule has 3 saturated carbocycles. The van der Waals surface area contributed by atoms with E-state index in [1.54, 1.807) is 20.8 Å². The van der Waals surface area contributed by atoms with E-state index in [9.17, 15) is 24.6 Å². The summed E-state index contributed by atoms with van der Waals surface area (Å²) in [4.78, 5) is 37.8. The minimum atomic E-state index is -2.40. The lowest BCUT2D eigenvalue weighted by molar-refractivity contribution is -0.222. The maximum atomic E-state index is 17.8. The number of allylic oxidation sites excluding steroid dienone is 3. The van der Waals surface area contributed by atoms with Gasteiger partial charge in [0.25, 0.3) is 0 Å². The van der Waals surface area contributed by atoms with Crippen LogP contribution >= 0.6 is 12.2 Å². The number of halogens is 2. The minimum Gasteiger partial charge on any atom is -0.499 e. The Hall–Kier alpha value is -2.20. The predicted octanol–water partition coefficient (Wildman–Crippen LogP) is 4.06. The Bertz CT molecular complexity index is 1180. The largest absolute Gasteiger partial charge is 0.499 e. The van der Waals surface area contributed by atoms with Gasteiger partial charge in [-0.05, 0) is 62.4 Å². The van der Waals surface area contributed by atoms with E-state index in [0.29, 0.717) is 0 Å². The third-order valence-electron chi connectivity index (χ3n) is 10.5. The van der Waals surface area contributed by atoms with E-state index in [2.05, 4.69) is 0 Å². The summed E-state index contributed by atoms with van der Waals surface area (Å²) in [5.41, 5.74) is -6.93. The molecule has 0 aromatic carbocycles. The zero-order valence-corrected chi connectivity index (χ0v) is 22.8. The molecule has 0 aromatic heterocycles. The SMILES string of the molecule is CCC(=O)O[C@]1(C(O)=S)C(C)C[C@H]2[C@@H]3CC(F)C4=CC(=O)C([C@@H]5CCOC5=O)=C[C@]4(C)[C@]3(F)C(O)C[C@@]21C. The molecule has 1 saturated heterocycles. The highest BCUT2D eigenvalue weighted by molar-refractivity contribution is 7.80. The molecule has 4 aliphatic carbocycles. The number of alkyl halides is 2. The van der Waals surface area contributed by atoms with Crippen molar-refractivity contribution in [2.75, 3.05) is 6.61 Å². The molecule has 0 bridgehead atoms. The number of ketones is 1. The maximum absolute atomic E-state index is 17.8. The van der Waals surface area contributed by atoms with Gasteiger partial charge in [-0.25, -0.2) is 8.78 Å². The zero-order chi connectivity index (χ0) is 28.0. The van der Waals surface area contributed by atoms with Crippen LogP contribution in [0.2, 0.25) is 0 Å². The van der Waals surface area contributed by atoms with E-state index < -0.39 is 80.8 Å². The van der Waals surface area contributed by atoms with Crippen molar-refractivity contribution in [2.45, 2.75) is 83.3 Å². The Balaban J connectivity index is 1.65. The number of carbonyl (C=O) groups is 3. The van der Waals surface area contributed by atoms with Gasteiger partial charge in [0.15, 0.2) is 17.1 Å². The molecule has 10 atom stereocenters. The summed E-state index contributed by atoms with van der Waals surface area (Å²) in [5, 5.41) is 21.9. The number of ether oxygens (including phenoxy) is 2. The summed E-state index contributed by atoms with van der Waals surface area (Å²) in [6.07, 6.45) is -0.833. The van der Waals surface area contributed by atoms with Crippen molar-refractivity contribution in [3.8, 4) is 0 Å². The fourth-order valence-electron chi connectivity index (χ4n) is 8.67. The number of hydrogen-bond acceptors (Lipinski definition) is 7. The molecule has 1 heterocycles. The van der Waals surface area contributed by atoms with Gasteiger partial charge in [-0.2, -0.15) is 0 Å². The van der Waals surface area contributed by atoms with Crippen LogP contribution in [0.25, 0.3) is 0 Å². The summed E-state index contributed by atoms with van der Waals surface area (Å²) in [5.74, 6) is -4.77. The van der Waals surface area contributed by atoms with E-state index in [-0.39, 0.29) is 49.9 Å². The highest BCUT2D eigenvalue weighted by Gasteiger charge is 2.78. The second-order valence-corrected chi connectivity index (χ2v) is 12.5. The normalized spacial score (nSPS) is 47.8. The average Bonchev–Trinajstić information content (AvgIpc) is 3.36. The van der Waals surface area contributed by atoms with Crippen LogP contribution in [0, 0.1) is 34.5 Å². The molecule has 10 heteroatoms. The van der Waals surface area contributed by atoms with Gasteiger partial charge in [0, 0.05) is 34.7 Å². The molecule has 4 fully saturated rings. The van der Waals surface area contributed by atoms with Crippen molar-refractivity contribution in [3.05, 3.63) is 23.3 Å². The van der Waals surface area contributed by atoms with E-state index in [1.165, 1.54) is 13.0 Å². The van der Waals surface area contributed by atoms with Gasteiger partial charge in [-0.3, -0.25) is 14.4 Å². The van der Waals surface area contributed by atoms with Crippen molar-refractivity contribution in [1.82, 2.24) is 0 Å². The topological polar surface area (TPSA) is 110 Å². The second kappa shape index (κ2) is 8.65. The summed E-state index contributed by atoms with van der Waals surface area (Å²) in [6.45, 7) is 6.70. The molecular weight excluding hydrogens is 518 g/mol. The Kier molecular flexibility index (Phi) is 6.23. The van der Waals surface area contributed by atoms with E-state index in [0.717, 1.165) is 6.08 Å². The molecule has 5 rings (SSSR count). The zero-order valence-electron chi connectivity index (χ0n) is 22.0. The number of thiocarbonyl (C=S) groups is 1. The molecule has 3 unspecified atom stereocenters. The lowest BCUT2D eigenvalue weighted by Gasteiger charge is -2.63. The highest BCUT2D eigenvalue weighted by Crippen LogP contribution is 2.72. The average molecular weight is 553 g/mol. The smallest absolute Gasteiger partial charge is 0.313 e. The van der Waals surface area contributed by atoms with Crippen LogP contribution in [-0.2, 0) is 23.9 Å². The monoisotopic (exact) mass is 552 g/mol. The molecule has 5 aliphatic rings. The first-order valence-corrected chi connectivity index (χ1v) is 13.7. The lowest BCUT2D eigenvalue weighted by Crippen LogP contribution is -2.71. The first-order valence-electron chi connectivity index (χ1n) is 13.3. The predicted molar refractivity (Wildman–Crippen MR) is 136 cm³/mol. The number of rotatable bonds is 4. The van der Waals surface area contributed by atoms with Crippen LogP contribution in [-0.4, -0.2) is 63.1 Å². The van der Waals surface area contributed by atoms with Gasteiger partial charge in [0.05, 0.1) is 18.6 Å². The van der Waals surface area contributed by atoms with Gasteiger partial charge < -0.3 is 19.7 Å². The summed E-state index contributed by atoms with van der Waals surface area (Å²) < 4.78 is 44.6. The first-order chi connectivity index (χ1) is 17.7. The third-order valence-corrected chi connectivity index (χ3v) is 10.8. The molecule has 0 spiro atoms. The molecule has 2 N–H and O–H groups in total. The molecule has 38 heavy (non-hydrogen) atoms. The van der Waals surface area contributed by atoms with E-state index >= 15 is 8.78 Å². The Labute approximate surface area is 225 Å². The summed E-state index contributed by atoms with van der Waals surface area (Å²) in [6, 6.07) is 0. The Morgan fingerprint density at radius 3 is 2.53 bits per heavy atom. The highest BCUT2D eigenvalue weighted by atomic mass is 32.1. The van der Waals surface area contributed by atoms with Crippen LogP contribution in [0.4, 0.5) is 8.78 Å². The van der Waals surface area contributed by atoms with Crippen LogP contribution in [0.15, 0.2) is 23.3 Å². The molecule has 208 valence electrons. The number of fused-ring (bicyclic) bond motifs is 5. The van der Waals surface area contributed by atoms with Gasteiger partial charge in [-0.1, -0.05) is 26.8 Å². The number of cyclic esters (lactones) is 1. The van der Waals surface area contributed by atoms with Gasteiger partial charge >= 0.3 is 11.9 Å². The van der Waals surface area contributed by atoms with Crippen molar-refractivity contribution in [3.63, 3.8) is 0 Å². The van der Waals surface area contributed by atoms with Crippen molar-refractivity contribution in [1.29, 1.82) is 0 Å². The van der Waals surface area contributed by atoms with Crippen LogP contribution < -0.4 is 0 Å². The Morgan fingerprint density at radius 1 is 1.26 bits per heavy atom. The first kappa shape index (κ1) is 27.4. The van der Waals surface area contributed by atoms with Crippen LogP contribution in [0.5, 0.6) is 0 Å². The second-order valence-electron chi connectivity index (χ2n) is 12.1. The summed E-state index contributed by atoms with van der Waals surface area (Å²) >= 11 is 5.23. The van der Waals surface area contributed by atoms with Crippen molar-refractivity contribution in [2.24, 2.45) is 34.5 Å². The lowest BCUT2D eigenvalue weighted by atomic mass is 9.44. The van der Waals surface area contributed by atoms with E-state index in [4.69, 9.17) is 21.7 Å². The van der Waals surface area contributed by atoms with Gasteiger partial charge in [0.1, 0.15) is 6.17 Å². The number of hydrogen-bond donors (Lipinski definition) is 2. The standard InChI is InChI=1S/C28H34F2O7S/c1-5-22(33)37-28(24(35)38)13(2)8-16-17-9-19(29)18-10-20(31)15(14-6-7-36-23(14)34)11-25(18,3)27(17,30)21(32)12-26(16,28)4/h10-11,13-14,16-17,19,21,32H,5-9,12H2,1-4H3,(H,35,38)/t13?,14-,16-,17-,19?,21?,25-,26-,27+,28-/m0/s1. The maximum Gasteiger partial charge on any atom is 0.313 e. The molecule has 0 aromatic rings. The molecule has 1 aliphatic heterocycles. The fourth-order valence-corrected chi connectivity index (χ4v) is 9.15. The van der Waals surface area contributed by atoms with Gasteiger partial charge in [-0.15, -0.1) is 0 Å². The van der Waals surface area contributed by atoms with Gasteiger partial charge in [0.2, 0.25) is 5.05 Å². The van der Waals surface area contributed by atoms with Crippen molar-refractivity contribution >= 4 is 35.0 Å². The van der Waals surface area contributed by atoms with E-state index in [1.807, 2.05) is 0 Å². The Morgan fingerprint density at radius 2 is 1.95 bits per heavy atom. The van der Waals surface area contributed by atoms with Crippen molar-refractivity contribution < 1.29 is 42.9 Å².